The predicted molar refractivity (Wildman–Crippen MR) is 98.6 cm³/mol. The van der Waals surface area contributed by atoms with E-state index in [-0.39, 0.29) is 23.3 Å². The molecule has 2 aromatic carbocycles. The van der Waals surface area contributed by atoms with E-state index in [4.69, 9.17) is 0 Å². The molecule has 0 bridgehead atoms. The van der Waals surface area contributed by atoms with Gasteiger partial charge < -0.3 is 9.88 Å². The molecule has 1 aliphatic rings. The first-order valence-electron chi connectivity index (χ1n) is 8.09. The van der Waals surface area contributed by atoms with Crippen molar-refractivity contribution in [2.24, 2.45) is 0 Å². The van der Waals surface area contributed by atoms with Crippen LogP contribution >= 0.6 is 11.8 Å². The van der Waals surface area contributed by atoms with Crippen LogP contribution < -0.4 is 5.56 Å². The third kappa shape index (κ3) is 3.05. The van der Waals surface area contributed by atoms with Crippen molar-refractivity contribution < 1.29 is 4.79 Å². The van der Waals surface area contributed by atoms with Gasteiger partial charge in [0.1, 0.15) is 5.82 Å². The highest BCUT2D eigenvalue weighted by atomic mass is 32.2. The topological polar surface area (TPSA) is 66.1 Å². The Hall–Kier alpha value is -2.60. The first-order chi connectivity index (χ1) is 12.1. The van der Waals surface area contributed by atoms with Crippen molar-refractivity contribution in [1.29, 1.82) is 0 Å². The fourth-order valence-electron chi connectivity index (χ4n) is 3.08. The van der Waals surface area contributed by atoms with Gasteiger partial charge in [-0.25, -0.2) is 4.98 Å². The standard InChI is InChI=1S/C19H17N3O2S/c1-22(19(24)16-10-12-6-2-5-9-15(12)25-16)11-17-20-14-8-4-3-7-13(14)18(23)21-17/h2-9,16H,10-11H2,1H3,(H,20,21,23)/t16-/m1/s1. The molecule has 25 heavy (non-hydrogen) atoms. The number of thioether (sulfide) groups is 1. The minimum Gasteiger partial charge on any atom is -0.337 e. The average molecular weight is 351 g/mol. The molecule has 0 aliphatic carbocycles. The first-order valence-corrected chi connectivity index (χ1v) is 8.97. The summed E-state index contributed by atoms with van der Waals surface area (Å²) in [4.78, 5) is 35.0. The van der Waals surface area contributed by atoms with Gasteiger partial charge in [0.05, 0.1) is 22.7 Å². The molecule has 0 fully saturated rings. The van der Waals surface area contributed by atoms with Crippen molar-refractivity contribution in [3.8, 4) is 0 Å². The molecular weight excluding hydrogens is 334 g/mol. The lowest BCUT2D eigenvalue weighted by Gasteiger charge is -2.20. The van der Waals surface area contributed by atoms with Crippen LogP contribution in [-0.2, 0) is 17.8 Å². The van der Waals surface area contributed by atoms with Crippen LogP contribution in [0.1, 0.15) is 11.4 Å². The molecular formula is C19H17N3O2S. The Bertz CT molecular complexity index is 990. The zero-order chi connectivity index (χ0) is 17.4. The molecule has 1 aromatic heterocycles. The largest absolute Gasteiger partial charge is 0.337 e. The van der Waals surface area contributed by atoms with Gasteiger partial charge >= 0.3 is 0 Å². The molecule has 1 amide bonds. The second-order valence-corrected chi connectivity index (χ2v) is 7.39. The van der Waals surface area contributed by atoms with Gasteiger partial charge in [0, 0.05) is 11.9 Å². The van der Waals surface area contributed by atoms with E-state index >= 15 is 0 Å². The van der Waals surface area contributed by atoms with Gasteiger partial charge in [-0.1, -0.05) is 30.3 Å². The smallest absolute Gasteiger partial charge is 0.258 e. The number of benzene rings is 2. The summed E-state index contributed by atoms with van der Waals surface area (Å²) < 4.78 is 0. The number of amides is 1. The van der Waals surface area contributed by atoms with Crippen LogP contribution in [0.3, 0.4) is 0 Å². The Morgan fingerprint density at radius 2 is 2.00 bits per heavy atom. The third-order valence-corrected chi connectivity index (χ3v) is 5.65. The van der Waals surface area contributed by atoms with Crippen molar-refractivity contribution in [1.82, 2.24) is 14.9 Å². The number of nitrogens with zero attached hydrogens (tertiary/aromatic N) is 2. The Morgan fingerprint density at radius 3 is 2.84 bits per heavy atom. The molecule has 0 radical (unpaired) electrons. The molecule has 4 rings (SSSR count). The number of aromatic nitrogens is 2. The number of fused-ring (bicyclic) bond motifs is 2. The first kappa shape index (κ1) is 15.9. The van der Waals surface area contributed by atoms with E-state index in [2.05, 4.69) is 22.1 Å². The van der Waals surface area contributed by atoms with E-state index in [0.29, 0.717) is 16.7 Å². The molecule has 0 unspecified atom stereocenters. The van der Waals surface area contributed by atoms with E-state index < -0.39 is 0 Å². The van der Waals surface area contributed by atoms with Crippen molar-refractivity contribution in [3.05, 3.63) is 70.3 Å². The van der Waals surface area contributed by atoms with Crippen LogP contribution in [0.25, 0.3) is 10.9 Å². The maximum absolute atomic E-state index is 12.8. The number of carbonyl (C=O) groups is 1. The maximum atomic E-state index is 12.8. The number of aromatic amines is 1. The molecule has 1 atom stereocenters. The molecule has 126 valence electrons. The van der Waals surface area contributed by atoms with E-state index in [1.54, 1.807) is 35.8 Å². The molecule has 3 aromatic rings. The van der Waals surface area contributed by atoms with Gasteiger partial charge in [-0.05, 0) is 30.2 Å². The normalized spacial score (nSPS) is 16.0. The number of H-pyrrole nitrogens is 1. The molecule has 0 saturated carbocycles. The molecule has 0 saturated heterocycles. The number of hydrogen-bond donors (Lipinski definition) is 1. The summed E-state index contributed by atoms with van der Waals surface area (Å²) in [6.07, 6.45) is 0.742. The summed E-state index contributed by atoms with van der Waals surface area (Å²) in [6, 6.07) is 15.3. The second-order valence-electron chi connectivity index (χ2n) is 6.14. The minimum atomic E-state index is -0.177. The average Bonchev–Trinajstić information content (AvgIpc) is 3.05. The summed E-state index contributed by atoms with van der Waals surface area (Å²) in [5, 5.41) is 0.441. The highest BCUT2D eigenvalue weighted by Gasteiger charge is 2.30. The van der Waals surface area contributed by atoms with Gasteiger partial charge in [-0.2, -0.15) is 0 Å². The second kappa shape index (κ2) is 6.37. The fourth-order valence-corrected chi connectivity index (χ4v) is 4.39. The van der Waals surface area contributed by atoms with Crippen molar-refractivity contribution in [2.75, 3.05) is 7.05 Å². The van der Waals surface area contributed by atoms with E-state index in [1.807, 2.05) is 24.3 Å². The van der Waals surface area contributed by atoms with Crippen LogP contribution in [0, 0.1) is 0 Å². The number of hydrogen-bond acceptors (Lipinski definition) is 4. The predicted octanol–water partition coefficient (Wildman–Crippen LogP) is 2.60. The van der Waals surface area contributed by atoms with Gasteiger partial charge in [0.2, 0.25) is 5.91 Å². The van der Waals surface area contributed by atoms with Crippen molar-refractivity contribution in [3.63, 3.8) is 0 Å². The maximum Gasteiger partial charge on any atom is 0.258 e. The monoisotopic (exact) mass is 351 g/mol. The van der Waals surface area contributed by atoms with Gasteiger partial charge in [-0.3, -0.25) is 9.59 Å². The highest BCUT2D eigenvalue weighted by molar-refractivity contribution is 8.01. The Morgan fingerprint density at radius 1 is 1.24 bits per heavy atom. The van der Waals surface area contributed by atoms with Crippen molar-refractivity contribution >= 4 is 28.6 Å². The zero-order valence-corrected chi connectivity index (χ0v) is 14.5. The highest BCUT2D eigenvalue weighted by Crippen LogP contribution is 2.37. The Kier molecular flexibility index (Phi) is 4.05. The molecule has 1 aliphatic heterocycles. The van der Waals surface area contributed by atoms with Crippen LogP contribution in [0.5, 0.6) is 0 Å². The molecule has 2 heterocycles. The van der Waals surface area contributed by atoms with E-state index in [0.717, 1.165) is 6.42 Å². The van der Waals surface area contributed by atoms with Crippen LogP contribution in [0.2, 0.25) is 0 Å². The number of nitrogens with one attached hydrogen (secondary N) is 1. The SMILES string of the molecule is CN(Cc1nc2ccccc2c(=O)[nH]1)C(=O)[C@H]1Cc2ccccc2S1. The minimum absolute atomic E-state index is 0.0528. The number of para-hydroxylation sites is 1. The number of rotatable bonds is 3. The summed E-state index contributed by atoms with van der Waals surface area (Å²) in [6.45, 7) is 0.284. The molecule has 1 N–H and O–H groups in total. The molecule has 5 nitrogen and oxygen atoms in total. The lowest BCUT2D eigenvalue weighted by Crippen LogP contribution is -2.35. The summed E-state index contributed by atoms with van der Waals surface area (Å²) in [7, 11) is 1.75. The third-order valence-electron chi connectivity index (χ3n) is 4.35. The summed E-state index contributed by atoms with van der Waals surface area (Å²) >= 11 is 1.61. The summed E-state index contributed by atoms with van der Waals surface area (Å²) in [5.41, 5.74) is 1.69. The van der Waals surface area contributed by atoms with Crippen LogP contribution in [0.4, 0.5) is 0 Å². The zero-order valence-electron chi connectivity index (χ0n) is 13.7. The van der Waals surface area contributed by atoms with Gasteiger partial charge in [0.15, 0.2) is 0 Å². The van der Waals surface area contributed by atoms with E-state index in [1.165, 1.54) is 10.5 Å². The van der Waals surface area contributed by atoms with Gasteiger partial charge in [-0.15, -0.1) is 11.8 Å². The van der Waals surface area contributed by atoms with Crippen LogP contribution in [0.15, 0.2) is 58.2 Å². The van der Waals surface area contributed by atoms with E-state index in [9.17, 15) is 9.59 Å². The van der Waals surface area contributed by atoms with Crippen molar-refractivity contribution in [2.45, 2.75) is 23.1 Å². The lowest BCUT2D eigenvalue weighted by atomic mass is 10.1. The number of carbonyl (C=O) groups excluding carboxylic acids is 1. The Labute approximate surface area is 149 Å². The summed E-state index contributed by atoms with van der Waals surface area (Å²) in [5.74, 6) is 0.553. The molecule has 0 spiro atoms. The lowest BCUT2D eigenvalue weighted by molar-refractivity contribution is -0.129. The molecule has 6 heteroatoms. The quantitative estimate of drug-likeness (QED) is 0.788. The van der Waals surface area contributed by atoms with Gasteiger partial charge in [0.25, 0.3) is 5.56 Å². The van der Waals surface area contributed by atoms with Crippen LogP contribution in [-0.4, -0.2) is 33.1 Å². The fraction of sp³-hybridized carbons (Fsp3) is 0.211. The Balaban J connectivity index is 1.52.